The minimum Gasteiger partial charge on any atom is -0.324 e. The SMILES string of the molecule is Cc1ccc([N+](=O)[O-])cc1NC(=O)C(Sc1ccc(NC(=O)/C(=C/c2ccc([N+](=O)[O-])cc2)NC(=O)c2ccccc2)cc1)c1ccccc1. The number of non-ortho nitro benzene ring substituents is 2. The van der Waals surface area contributed by atoms with Gasteiger partial charge in [-0.25, -0.2) is 0 Å². The van der Waals surface area contributed by atoms with Crippen LogP contribution in [0.15, 0.2) is 138 Å². The summed E-state index contributed by atoms with van der Waals surface area (Å²) in [7, 11) is 0. The summed E-state index contributed by atoms with van der Waals surface area (Å²) < 4.78 is 0. The number of anilines is 2. The van der Waals surface area contributed by atoms with Gasteiger partial charge in [0.15, 0.2) is 0 Å². The van der Waals surface area contributed by atoms with Crippen LogP contribution in [0.2, 0.25) is 0 Å². The third-order valence-electron chi connectivity index (χ3n) is 7.34. The summed E-state index contributed by atoms with van der Waals surface area (Å²) >= 11 is 1.26. The summed E-state index contributed by atoms with van der Waals surface area (Å²) in [6.07, 6.45) is 1.41. The molecule has 0 fully saturated rings. The summed E-state index contributed by atoms with van der Waals surface area (Å²) in [5, 5.41) is 29.9. The van der Waals surface area contributed by atoms with Gasteiger partial charge in [-0.3, -0.25) is 34.6 Å². The zero-order valence-corrected chi connectivity index (χ0v) is 27.3. The Labute approximate surface area is 290 Å². The van der Waals surface area contributed by atoms with E-state index in [4.69, 9.17) is 0 Å². The van der Waals surface area contributed by atoms with Gasteiger partial charge in [0.2, 0.25) is 5.91 Å². The van der Waals surface area contributed by atoms with Gasteiger partial charge >= 0.3 is 0 Å². The predicted molar refractivity (Wildman–Crippen MR) is 192 cm³/mol. The van der Waals surface area contributed by atoms with Crippen LogP contribution in [0.1, 0.15) is 32.3 Å². The lowest BCUT2D eigenvalue weighted by molar-refractivity contribution is -0.385. The van der Waals surface area contributed by atoms with Crippen molar-refractivity contribution in [2.24, 2.45) is 0 Å². The smallest absolute Gasteiger partial charge is 0.272 e. The maximum Gasteiger partial charge on any atom is 0.272 e. The van der Waals surface area contributed by atoms with Crippen molar-refractivity contribution in [3.05, 3.63) is 176 Å². The van der Waals surface area contributed by atoms with E-state index in [1.807, 2.05) is 30.3 Å². The Balaban J connectivity index is 1.34. The van der Waals surface area contributed by atoms with Crippen LogP contribution in [0.4, 0.5) is 22.7 Å². The van der Waals surface area contributed by atoms with E-state index < -0.39 is 26.9 Å². The Kier molecular flexibility index (Phi) is 11.1. The van der Waals surface area contributed by atoms with E-state index in [9.17, 15) is 34.6 Å². The molecule has 3 N–H and O–H groups in total. The number of amides is 3. The fourth-order valence-electron chi connectivity index (χ4n) is 4.71. The number of thioether (sulfide) groups is 1. The number of hydrogen-bond acceptors (Lipinski definition) is 8. The van der Waals surface area contributed by atoms with E-state index >= 15 is 0 Å². The highest BCUT2D eigenvalue weighted by atomic mass is 32.2. The van der Waals surface area contributed by atoms with E-state index in [1.54, 1.807) is 67.6 Å². The molecule has 1 atom stereocenters. The number of aryl methyl sites for hydroxylation is 1. The quantitative estimate of drug-likeness (QED) is 0.0518. The van der Waals surface area contributed by atoms with Crippen molar-refractivity contribution in [1.82, 2.24) is 5.32 Å². The van der Waals surface area contributed by atoms with E-state index in [0.717, 1.165) is 0 Å². The lowest BCUT2D eigenvalue weighted by Crippen LogP contribution is -2.30. The second kappa shape index (κ2) is 16.0. The van der Waals surface area contributed by atoms with Crippen molar-refractivity contribution in [1.29, 1.82) is 0 Å². The number of nitro groups is 2. The largest absolute Gasteiger partial charge is 0.324 e. The van der Waals surface area contributed by atoms with E-state index in [1.165, 1.54) is 54.2 Å². The zero-order valence-electron chi connectivity index (χ0n) is 26.4. The highest BCUT2D eigenvalue weighted by Crippen LogP contribution is 2.37. The van der Waals surface area contributed by atoms with Crippen molar-refractivity contribution in [2.75, 3.05) is 10.6 Å². The molecule has 250 valence electrons. The summed E-state index contributed by atoms with van der Waals surface area (Å²) in [4.78, 5) is 62.1. The van der Waals surface area contributed by atoms with Crippen LogP contribution in [0.3, 0.4) is 0 Å². The number of rotatable bonds is 12. The number of hydrogen-bond donors (Lipinski definition) is 3. The number of carbonyl (C=O) groups excluding carboxylic acids is 3. The average Bonchev–Trinajstić information content (AvgIpc) is 3.12. The molecule has 1 unspecified atom stereocenters. The second-order valence-electron chi connectivity index (χ2n) is 10.9. The van der Waals surface area contributed by atoms with Crippen LogP contribution < -0.4 is 16.0 Å². The maximum atomic E-state index is 13.6. The molecule has 5 rings (SSSR count). The first kappa shape index (κ1) is 34.7. The number of nitro benzene ring substituents is 2. The molecule has 0 bridgehead atoms. The van der Waals surface area contributed by atoms with Crippen molar-refractivity contribution >= 4 is 58.3 Å². The molecule has 0 heterocycles. The topological polar surface area (TPSA) is 174 Å². The molecule has 0 aliphatic rings. The van der Waals surface area contributed by atoms with Gasteiger partial charge < -0.3 is 16.0 Å². The van der Waals surface area contributed by atoms with Crippen LogP contribution >= 0.6 is 11.8 Å². The summed E-state index contributed by atoms with van der Waals surface area (Å²) in [6, 6.07) is 34.0. The molecule has 0 radical (unpaired) electrons. The molecule has 0 saturated heterocycles. The van der Waals surface area contributed by atoms with Gasteiger partial charge in [0, 0.05) is 40.4 Å². The van der Waals surface area contributed by atoms with Crippen molar-refractivity contribution in [3.63, 3.8) is 0 Å². The highest BCUT2D eigenvalue weighted by Gasteiger charge is 2.24. The van der Waals surface area contributed by atoms with Crippen LogP contribution in [-0.4, -0.2) is 27.6 Å². The van der Waals surface area contributed by atoms with Gasteiger partial charge in [0.25, 0.3) is 23.2 Å². The first-order valence-corrected chi connectivity index (χ1v) is 16.0. The average molecular weight is 688 g/mol. The van der Waals surface area contributed by atoms with E-state index in [-0.39, 0.29) is 23.0 Å². The fraction of sp³-hybridized carbons (Fsp3) is 0.0541. The first-order chi connectivity index (χ1) is 24.1. The minimum absolute atomic E-state index is 0.0941. The molecule has 0 spiro atoms. The third kappa shape index (κ3) is 9.05. The Morgan fingerprint density at radius 3 is 1.94 bits per heavy atom. The molecule has 13 heteroatoms. The van der Waals surface area contributed by atoms with Gasteiger partial charge in [-0.1, -0.05) is 54.6 Å². The standard InChI is InChI=1S/C37H29N5O7S/c1-24-12-17-30(42(48)49)23-32(24)39-37(45)34(26-8-4-2-5-9-26)50-31-20-15-28(16-21-31)38-36(44)33(40-35(43)27-10-6-3-7-11-27)22-25-13-18-29(19-14-25)41(46)47/h2-23,34H,1H3,(H,38,44)(H,39,45)(H,40,43)/b33-22-. The number of nitrogens with one attached hydrogen (secondary N) is 3. The Morgan fingerprint density at radius 1 is 0.720 bits per heavy atom. The van der Waals surface area contributed by atoms with Gasteiger partial charge in [0.05, 0.1) is 15.5 Å². The van der Waals surface area contributed by atoms with E-state index in [0.29, 0.717) is 38.5 Å². The summed E-state index contributed by atoms with van der Waals surface area (Å²) in [5.74, 6) is -1.54. The van der Waals surface area contributed by atoms with E-state index in [2.05, 4.69) is 16.0 Å². The predicted octanol–water partition coefficient (Wildman–Crippen LogP) is 7.69. The Bertz CT molecular complexity index is 2070. The van der Waals surface area contributed by atoms with Gasteiger partial charge in [0.1, 0.15) is 10.9 Å². The van der Waals surface area contributed by atoms with Crippen molar-refractivity contribution in [3.8, 4) is 0 Å². The molecular formula is C37H29N5O7S. The van der Waals surface area contributed by atoms with Gasteiger partial charge in [-0.2, -0.15) is 0 Å². The Hall–Kier alpha value is -6.60. The molecule has 5 aromatic rings. The summed E-state index contributed by atoms with van der Waals surface area (Å²) in [6.45, 7) is 1.75. The Morgan fingerprint density at radius 2 is 1.32 bits per heavy atom. The molecule has 0 aliphatic heterocycles. The molecule has 50 heavy (non-hydrogen) atoms. The molecule has 12 nitrogen and oxygen atoms in total. The van der Waals surface area contributed by atoms with Crippen LogP contribution in [0.25, 0.3) is 6.08 Å². The monoisotopic (exact) mass is 687 g/mol. The highest BCUT2D eigenvalue weighted by molar-refractivity contribution is 8.00. The molecule has 0 aliphatic carbocycles. The van der Waals surface area contributed by atoms with Crippen molar-refractivity contribution in [2.45, 2.75) is 17.1 Å². The first-order valence-electron chi connectivity index (χ1n) is 15.1. The minimum atomic E-state index is -0.722. The van der Waals surface area contributed by atoms with Gasteiger partial charge in [-0.15, -0.1) is 11.8 Å². The van der Waals surface area contributed by atoms with Crippen LogP contribution in [0.5, 0.6) is 0 Å². The second-order valence-corrected chi connectivity index (χ2v) is 12.0. The van der Waals surface area contributed by atoms with Crippen molar-refractivity contribution < 1.29 is 24.2 Å². The lowest BCUT2D eigenvalue weighted by atomic mass is 10.1. The summed E-state index contributed by atoms with van der Waals surface area (Å²) in [5.41, 5.74) is 2.54. The molecule has 3 amide bonds. The van der Waals surface area contributed by atoms with Crippen LogP contribution in [-0.2, 0) is 9.59 Å². The van der Waals surface area contributed by atoms with Crippen LogP contribution in [0, 0.1) is 27.2 Å². The number of benzene rings is 5. The number of nitrogens with zero attached hydrogens (tertiary/aromatic N) is 2. The number of carbonyl (C=O) groups is 3. The fourth-order valence-corrected chi connectivity index (χ4v) is 5.73. The zero-order chi connectivity index (χ0) is 35.6. The molecule has 0 saturated carbocycles. The van der Waals surface area contributed by atoms with Gasteiger partial charge in [-0.05, 0) is 78.2 Å². The normalized spacial score (nSPS) is 11.6. The molecular weight excluding hydrogens is 659 g/mol. The third-order valence-corrected chi connectivity index (χ3v) is 8.61. The lowest BCUT2D eigenvalue weighted by Gasteiger charge is -2.18. The molecule has 0 aromatic heterocycles. The molecule has 5 aromatic carbocycles. The maximum absolute atomic E-state index is 13.6.